The molecule has 0 spiro atoms. The van der Waals surface area contributed by atoms with E-state index in [1.165, 1.54) is 10.5 Å². The fraction of sp³-hybridized carbons (Fsp3) is 0.185. The van der Waals surface area contributed by atoms with Crippen molar-refractivity contribution in [2.24, 2.45) is 0 Å². The van der Waals surface area contributed by atoms with E-state index in [0.717, 1.165) is 33.5 Å². The van der Waals surface area contributed by atoms with E-state index in [1.54, 1.807) is 0 Å². The number of nitrogens with one attached hydrogen (secondary N) is 1. The van der Waals surface area contributed by atoms with Crippen molar-refractivity contribution < 1.29 is 9.59 Å². The Labute approximate surface area is 183 Å². The molecule has 1 aliphatic rings. The number of rotatable bonds is 4. The molecule has 4 rings (SSSR count). The zero-order valence-corrected chi connectivity index (χ0v) is 18.5. The highest BCUT2D eigenvalue weighted by Crippen LogP contribution is 2.34. The second-order valence-electron chi connectivity index (χ2n) is 8.25. The lowest BCUT2D eigenvalue weighted by Gasteiger charge is -2.16. The van der Waals surface area contributed by atoms with Crippen LogP contribution in [0.1, 0.15) is 33.4 Å². The monoisotopic (exact) mass is 410 g/mol. The summed E-state index contributed by atoms with van der Waals surface area (Å²) in [5, 5.41) is 3.25. The van der Waals surface area contributed by atoms with Gasteiger partial charge in [0, 0.05) is 5.69 Å². The van der Waals surface area contributed by atoms with Crippen molar-refractivity contribution >= 4 is 28.8 Å². The van der Waals surface area contributed by atoms with E-state index in [9.17, 15) is 9.59 Å². The first-order valence-electron chi connectivity index (χ1n) is 10.4. The van der Waals surface area contributed by atoms with Crippen LogP contribution in [0.3, 0.4) is 0 Å². The summed E-state index contributed by atoms with van der Waals surface area (Å²) >= 11 is 0. The maximum absolute atomic E-state index is 13.5. The first kappa shape index (κ1) is 20.6. The minimum Gasteiger partial charge on any atom is -0.350 e. The van der Waals surface area contributed by atoms with Gasteiger partial charge in [-0.15, -0.1) is 0 Å². The van der Waals surface area contributed by atoms with Crippen LogP contribution in [0.15, 0.2) is 66.4 Å². The van der Waals surface area contributed by atoms with Gasteiger partial charge in [0.1, 0.15) is 5.70 Å². The van der Waals surface area contributed by atoms with Crippen LogP contribution in [-0.4, -0.2) is 11.8 Å². The maximum Gasteiger partial charge on any atom is 0.282 e. The molecule has 0 aromatic heterocycles. The van der Waals surface area contributed by atoms with Crippen molar-refractivity contribution in [1.29, 1.82) is 0 Å². The van der Waals surface area contributed by atoms with Gasteiger partial charge in [0.25, 0.3) is 11.8 Å². The fourth-order valence-corrected chi connectivity index (χ4v) is 3.70. The van der Waals surface area contributed by atoms with E-state index in [-0.39, 0.29) is 11.8 Å². The van der Waals surface area contributed by atoms with Gasteiger partial charge in [-0.1, -0.05) is 42.0 Å². The second-order valence-corrected chi connectivity index (χ2v) is 8.25. The Balaban J connectivity index is 1.84. The van der Waals surface area contributed by atoms with Gasteiger partial charge in [-0.3, -0.25) is 9.59 Å². The first-order chi connectivity index (χ1) is 14.8. The molecule has 0 aliphatic carbocycles. The van der Waals surface area contributed by atoms with Gasteiger partial charge in [0.15, 0.2) is 0 Å². The molecule has 0 fully saturated rings. The molecule has 0 bridgehead atoms. The predicted molar refractivity (Wildman–Crippen MR) is 126 cm³/mol. The van der Waals surface area contributed by atoms with Crippen molar-refractivity contribution in [2.75, 3.05) is 10.2 Å². The largest absolute Gasteiger partial charge is 0.350 e. The molecule has 156 valence electrons. The van der Waals surface area contributed by atoms with Crippen molar-refractivity contribution in [3.05, 3.63) is 99.7 Å². The topological polar surface area (TPSA) is 49.4 Å². The second kappa shape index (κ2) is 7.88. The van der Waals surface area contributed by atoms with Crippen LogP contribution in [0.25, 0.3) is 5.57 Å². The summed E-state index contributed by atoms with van der Waals surface area (Å²) in [5.41, 5.74) is 8.36. The van der Waals surface area contributed by atoms with Gasteiger partial charge in [-0.2, -0.15) is 0 Å². The number of nitrogens with zero attached hydrogens (tertiary/aromatic N) is 1. The van der Waals surface area contributed by atoms with Gasteiger partial charge in [0.05, 0.1) is 11.3 Å². The van der Waals surface area contributed by atoms with Gasteiger partial charge in [0.2, 0.25) is 0 Å². The molecule has 2 amide bonds. The first-order valence-corrected chi connectivity index (χ1v) is 10.4. The summed E-state index contributed by atoms with van der Waals surface area (Å²) in [7, 11) is 0. The average Bonchev–Trinajstić information content (AvgIpc) is 2.97. The molecule has 0 atom stereocenters. The Kier molecular flexibility index (Phi) is 5.24. The number of carbonyl (C=O) groups excluding carboxylic acids is 2. The Morgan fingerprint density at radius 1 is 0.645 bits per heavy atom. The lowest BCUT2D eigenvalue weighted by molar-refractivity contribution is -0.120. The van der Waals surface area contributed by atoms with Crippen molar-refractivity contribution in [1.82, 2.24) is 0 Å². The molecule has 0 saturated carbocycles. The van der Waals surface area contributed by atoms with Gasteiger partial charge >= 0.3 is 0 Å². The molecule has 1 N–H and O–H groups in total. The molecule has 4 heteroatoms. The number of amides is 2. The summed E-state index contributed by atoms with van der Waals surface area (Å²) in [6.07, 6.45) is 0. The predicted octanol–water partition coefficient (Wildman–Crippen LogP) is 5.63. The third-order valence-corrected chi connectivity index (χ3v) is 5.95. The molecule has 31 heavy (non-hydrogen) atoms. The van der Waals surface area contributed by atoms with Gasteiger partial charge in [-0.05, 0) is 86.7 Å². The number of aryl methyl sites for hydroxylation is 5. The molecular weight excluding hydrogens is 384 g/mol. The van der Waals surface area contributed by atoms with Crippen LogP contribution in [0.2, 0.25) is 0 Å². The number of carbonyl (C=O) groups is 2. The Morgan fingerprint density at radius 2 is 1.26 bits per heavy atom. The minimum absolute atomic E-state index is 0.303. The van der Waals surface area contributed by atoms with Crippen LogP contribution in [0, 0.1) is 34.6 Å². The summed E-state index contributed by atoms with van der Waals surface area (Å²) in [6, 6.07) is 19.2. The van der Waals surface area contributed by atoms with Crippen molar-refractivity contribution in [3.8, 4) is 0 Å². The Morgan fingerprint density at radius 3 is 1.87 bits per heavy atom. The third-order valence-electron chi connectivity index (χ3n) is 5.95. The lowest BCUT2D eigenvalue weighted by Crippen LogP contribution is -2.32. The zero-order valence-electron chi connectivity index (χ0n) is 18.5. The van der Waals surface area contributed by atoms with Crippen molar-refractivity contribution in [2.45, 2.75) is 34.6 Å². The minimum atomic E-state index is -0.347. The number of imide groups is 1. The van der Waals surface area contributed by atoms with Crippen LogP contribution in [0.4, 0.5) is 11.4 Å². The van der Waals surface area contributed by atoms with E-state index in [0.29, 0.717) is 17.0 Å². The molecule has 0 saturated heterocycles. The highest BCUT2D eigenvalue weighted by atomic mass is 16.2. The van der Waals surface area contributed by atoms with Gasteiger partial charge < -0.3 is 5.32 Å². The summed E-state index contributed by atoms with van der Waals surface area (Å²) in [4.78, 5) is 28.3. The van der Waals surface area contributed by atoms with E-state index in [2.05, 4.69) is 5.32 Å². The number of hydrogen-bond acceptors (Lipinski definition) is 3. The van der Waals surface area contributed by atoms with Crippen LogP contribution in [-0.2, 0) is 9.59 Å². The van der Waals surface area contributed by atoms with E-state index < -0.39 is 0 Å². The smallest absolute Gasteiger partial charge is 0.282 e. The highest BCUT2D eigenvalue weighted by molar-refractivity contribution is 6.46. The number of anilines is 2. The molecule has 3 aromatic carbocycles. The number of benzene rings is 3. The van der Waals surface area contributed by atoms with Crippen LogP contribution >= 0.6 is 0 Å². The zero-order chi connectivity index (χ0) is 22.3. The number of hydrogen-bond donors (Lipinski definition) is 1. The van der Waals surface area contributed by atoms with E-state index in [1.807, 2.05) is 95.3 Å². The Bertz CT molecular complexity index is 1240. The van der Waals surface area contributed by atoms with E-state index in [4.69, 9.17) is 0 Å². The molecule has 4 nitrogen and oxygen atoms in total. The van der Waals surface area contributed by atoms with Crippen LogP contribution in [0.5, 0.6) is 0 Å². The third kappa shape index (κ3) is 3.77. The maximum atomic E-state index is 13.5. The normalized spacial score (nSPS) is 13.9. The average molecular weight is 411 g/mol. The molecule has 0 unspecified atom stereocenters. The molecule has 0 radical (unpaired) electrons. The highest BCUT2D eigenvalue weighted by Gasteiger charge is 2.40. The van der Waals surface area contributed by atoms with Gasteiger partial charge in [-0.25, -0.2) is 4.90 Å². The lowest BCUT2D eigenvalue weighted by atomic mass is 9.99. The summed E-state index contributed by atoms with van der Waals surface area (Å²) < 4.78 is 0. The SMILES string of the molecule is Cc1ccc(N2C(=O)C(Nc3ccc(C)c(C)c3)=C(c3ccc(C)c(C)c3)C2=O)cc1. The Hall–Kier alpha value is -3.66. The molecule has 1 aliphatic heterocycles. The molecule has 1 heterocycles. The quantitative estimate of drug-likeness (QED) is 0.568. The fourth-order valence-electron chi connectivity index (χ4n) is 3.70. The molecule has 3 aromatic rings. The summed E-state index contributed by atoms with van der Waals surface area (Å²) in [5.74, 6) is -0.663. The van der Waals surface area contributed by atoms with E-state index >= 15 is 0 Å². The summed E-state index contributed by atoms with van der Waals surface area (Å²) in [6.45, 7) is 10.1. The van der Waals surface area contributed by atoms with Crippen molar-refractivity contribution in [3.63, 3.8) is 0 Å². The standard InChI is InChI=1S/C27H26N2O2/c1-16-6-12-23(13-7-16)29-26(30)24(21-10-8-17(2)19(4)14-21)25(27(29)31)28-22-11-9-18(3)20(5)15-22/h6-15,28H,1-5H3. The van der Waals surface area contributed by atoms with Crippen LogP contribution < -0.4 is 10.2 Å². The molecular formula is C27H26N2O2.